The summed E-state index contributed by atoms with van der Waals surface area (Å²) < 4.78 is 0. The second-order valence-electron chi connectivity index (χ2n) is 7.52. The molecule has 0 saturated heterocycles. The standard InChI is InChI=1S/C26H20N4OS/c1-17-26(32-25(30-17)15-24(31)18-9-12-27-13-10-18)19-5-7-22-20(14-19)16-29-23(22)8-6-21-4-2-3-11-28-21/h2-14H,15-16H2,1H3/b8-6+. The number of nitrogens with zero attached hydrogens (tertiary/aromatic N) is 4. The average Bonchev–Trinajstić information content (AvgIpc) is 3.41. The van der Waals surface area contributed by atoms with Crippen LogP contribution in [0.3, 0.4) is 0 Å². The van der Waals surface area contributed by atoms with E-state index in [-0.39, 0.29) is 5.78 Å². The molecule has 4 aromatic rings. The number of hydrogen-bond acceptors (Lipinski definition) is 6. The predicted molar refractivity (Wildman–Crippen MR) is 128 cm³/mol. The van der Waals surface area contributed by atoms with Crippen LogP contribution in [0, 0.1) is 6.92 Å². The van der Waals surface area contributed by atoms with Gasteiger partial charge in [-0.3, -0.25) is 19.8 Å². The van der Waals surface area contributed by atoms with Gasteiger partial charge in [-0.25, -0.2) is 4.98 Å². The molecule has 0 unspecified atom stereocenters. The Labute approximate surface area is 190 Å². The summed E-state index contributed by atoms with van der Waals surface area (Å²) in [6.45, 7) is 2.66. The molecule has 0 saturated carbocycles. The molecule has 0 spiro atoms. The van der Waals surface area contributed by atoms with E-state index in [9.17, 15) is 4.79 Å². The molecule has 0 N–H and O–H groups in total. The largest absolute Gasteiger partial charge is 0.294 e. The summed E-state index contributed by atoms with van der Waals surface area (Å²) in [5.41, 5.74) is 6.96. The molecule has 0 aliphatic carbocycles. The van der Waals surface area contributed by atoms with Gasteiger partial charge in [0.05, 0.1) is 34.9 Å². The van der Waals surface area contributed by atoms with Crippen molar-refractivity contribution in [2.75, 3.05) is 0 Å². The highest BCUT2D eigenvalue weighted by atomic mass is 32.1. The third-order valence-corrected chi connectivity index (χ3v) is 6.52. The van der Waals surface area contributed by atoms with Crippen LogP contribution < -0.4 is 0 Å². The molecule has 5 rings (SSSR count). The van der Waals surface area contributed by atoms with Gasteiger partial charge in [0.25, 0.3) is 0 Å². The normalized spacial score (nSPS) is 12.7. The fourth-order valence-electron chi connectivity index (χ4n) is 3.73. The van der Waals surface area contributed by atoms with Gasteiger partial charge in [0, 0.05) is 29.7 Å². The summed E-state index contributed by atoms with van der Waals surface area (Å²) in [6, 6.07) is 15.8. The van der Waals surface area contributed by atoms with Crippen LogP contribution in [0.2, 0.25) is 0 Å². The first-order chi connectivity index (χ1) is 15.7. The van der Waals surface area contributed by atoms with Crippen molar-refractivity contribution in [3.05, 3.63) is 106 Å². The Morgan fingerprint density at radius 3 is 2.75 bits per heavy atom. The average molecular weight is 437 g/mol. The molecule has 0 fully saturated rings. The predicted octanol–water partition coefficient (Wildman–Crippen LogP) is 5.35. The van der Waals surface area contributed by atoms with E-state index in [1.54, 1.807) is 42.1 Å². The van der Waals surface area contributed by atoms with Crippen molar-refractivity contribution in [1.29, 1.82) is 0 Å². The van der Waals surface area contributed by atoms with Crippen molar-refractivity contribution >= 4 is 28.9 Å². The lowest BCUT2D eigenvalue weighted by atomic mass is 10.0. The fourth-order valence-corrected chi connectivity index (χ4v) is 4.79. The van der Waals surface area contributed by atoms with Crippen LogP contribution in [-0.4, -0.2) is 26.4 Å². The second kappa shape index (κ2) is 8.77. The van der Waals surface area contributed by atoms with Gasteiger partial charge in [-0.15, -0.1) is 11.3 Å². The zero-order valence-electron chi connectivity index (χ0n) is 17.5. The highest BCUT2D eigenvalue weighted by molar-refractivity contribution is 7.15. The molecule has 0 radical (unpaired) electrons. The molecule has 1 aromatic carbocycles. The maximum Gasteiger partial charge on any atom is 0.169 e. The molecule has 1 aliphatic rings. The van der Waals surface area contributed by atoms with Crippen LogP contribution in [0.25, 0.3) is 16.5 Å². The summed E-state index contributed by atoms with van der Waals surface area (Å²) in [7, 11) is 0. The van der Waals surface area contributed by atoms with Crippen LogP contribution in [-0.2, 0) is 13.0 Å². The Balaban J connectivity index is 1.35. The van der Waals surface area contributed by atoms with Crippen molar-refractivity contribution < 1.29 is 4.79 Å². The number of ketones is 1. The molecule has 6 heteroatoms. The topological polar surface area (TPSA) is 68.1 Å². The van der Waals surface area contributed by atoms with E-state index in [4.69, 9.17) is 4.99 Å². The number of carbonyl (C=O) groups is 1. The molecule has 0 bridgehead atoms. The molecule has 5 nitrogen and oxygen atoms in total. The third kappa shape index (κ3) is 4.18. The van der Waals surface area contributed by atoms with Crippen molar-refractivity contribution in [1.82, 2.24) is 15.0 Å². The molecule has 1 aliphatic heterocycles. The SMILES string of the molecule is Cc1nc(CC(=O)c2ccncc2)sc1-c1ccc2c(c1)CN=C2/C=C/c1ccccn1. The van der Waals surface area contributed by atoms with Gasteiger partial charge < -0.3 is 0 Å². The molecule has 0 amide bonds. The number of benzene rings is 1. The molecule has 4 heterocycles. The van der Waals surface area contributed by atoms with E-state index in [1.807, 2.05) is 37.3 Å². The minimum absolute atomic E-state index is 0.0550. The van der Waals surface area contributed by atoms with Crippen LogP contribution in [0.5, 0.6) is 0 Å². The summed E-state index contributed by atoms with van der Waals surface area (Å²) in [5, 5.41) is 0.829. The smallest absolute Gasteiger partial charge is 0.169 e. The number of fused-ring (bicyclic) bond motifs is 1. The highest BCUT2D eigenvalue weighted by Gasteiger charge is 2.18. The Morgan fingerprint density at radius 2 is 1.94 bits per heavy atom. The van der Waals surface area contributed by atoms with Crippen molar-refractivity contribution in [2.24, 2.45) is 4.99 Å². The van der Waals surface area contributed by atoms with Gasteiger partial charge in [-0.2, -0.15) is 0 Å². The first-order valence-electron chi connectivity index (χ1n) is 10.3. The summed E-state index contributed by atoms with van der Waals surface area (Å²) in [6.07, 6.45) is 9.37. The van der Waals surface area contributed by atoms with Gasteiger partial charge in [0.15, 0.2) is 5.78 Å². The van der Waals surface area contributed by atoms with E-state index in [0.717, 1.165) is 38.1 Å². The van der Waals surface area contributed by atoms with Crippen LogP contribution in [0.1, 0.15) is 37.9 Å². The Bertz CT molecular complexity index is 1340. The zero-order chi connectivity index (χ0) is 21.9. The second-order valence-corrected chi connectivity index (χ2v) is 8.60. The highest BCUT2D eigenvalue weighted by Crippen LogP contribution is 2.33. The Hall–Kier alpha value is -3.77. The van der Waals surface area contributed by atoms with E-state index < -0.39 is 0 Å². The van der Waals surface area contributed by atoms with Crippen LogP contribution >= 0.6 is 11.3 Å². The summed E-state index contributed by atoms with van der Waals surface area (Å²) in [5.74, 6) is 0.0550. The van der Waals surface area contributed by atoms with Gasteiger partial charge in [0.1, 0.15) is 5.01 Å². The Morgan fingerprint density at radius 1 is 1.06 bits per heavy atom. The van der Waals surface area contributed by atoms with E-state index in [1.165, 1.54) is 5.56 Å². The van der Waals surface area contributed by atoms with Crippen LogP contribution in [0.15, 0.2) is 78.2 Å². The monoisotopic (exact) mass is 436 g/mol. The van der Waals surface area contributed by atoms with E-state index >= 15 is 0 Å². The van der Waals surface area contributed by atoms with Crippen molar-refractivity contribution in [3.8, 4) is 10.4 Å². The first kappa shape index (κ1) is 20.2. The molecular weight excluding hydrogens is 416 g/mol. The van der Waals surface area contributed by atoms with E-state index in [2.05, 4.69) is 33.2 Å². The number of pyridine rings is 2. The van der Waals surface area contributed by atoms with Crippen molar-refractivity contribution in [3.63, 3.8) is 0 Å². The van der Waals surface area contributed by atoms with Gasteiger partial charge in [-0.1, -0.05) is 18.2 Å². The Kier molecular flexibility index (Phi) is 5.52. The lowest BCUT2D eigenvalue weighted by Gasteiger charge is -2.04. The minimum Gasteiger partial charge on any atom is -0.294 e. The summed E-state index contributed by atoms with van der Waals surface area (Å²) in [4.78, 5) is 31.3. The first-order valence-corrected chi connectivity index (χ1v) is 11.2. The van der Waals surface area contributed by atoms with Gasteiger partial charge in [0.2, 0.25) is 0 Å². The number of allylic oxidation sites excluding steroid dienone is 1. The van der Waals surface area contributed by atoms with E-state index in [0.29, 0.717) is 18.5 Å². The number of hydrogen-bond donors (Lipinski definition) is 0. The van der Waals surface area contributed by atoms with Gasteiger partial charge in [-0.05, 0) is 60.5 Å². The lowest BCUT2D eigenvalue weighted by molar-refractivity contribution is 0.0993. The number of aryl methyl sites for hydroxylation is 1. The number of carbonyl (C=O) groups excluding carboxylic acids is 1. The number of aromatic nitrogens is 3. The summed E-state index contributed by atoms with van der Waals surface area (Å²) >= 11 is 1.58. The quantitative estimate of drug-likeness (QED) is 0.382. The fraction of sp³-hybridized carbons (Fsp3) is 0.115. The number of aliphatic imine (C=N–C) groups is 1. The number of Topliss-reactive ketones (excluding diaryl/α,β-unsaturated/α-hetero) is 1. The van der Waals surface area contributed by atoms with Gasteiger partial charge >= 0.3 is 0 Å². The number of thiazole rings is 1. The lowest BCUT2D eigenvalue weighted by Crippen LogP contribution is -2.03. The van der Waals surface area contributed by atoms with Crippen molar-refractivity contribution in [2.45, 2.75) is 19.9 Å². The third-order valence-electron chi connectivity index (χ3n) is 5.32. The molecule has 156 valence electrons. The molecule has 0 atom stereocenters. The zero-order valence-corrected chi connectivity index (χ0v) is 18.3. The minimum atomic E-state index is 0.0550. The maximum absolute atomic E-state index is 12.5. The number of rotatable bonds is 6. The van der Waals surface area contributed by atoms with Crippen LogP contribution in [0.4, 0.5) is 0 Å². The maximum atomic E-state index is 12.5. The molecule has 3 aromatic heterocycles. The molecular formula is C26H20N4OS. The molecule has 32 heavy (non-hydrogen) atoms.